The average Bonchev–Trinajstić information content (AvgIpc) is 3.27. The van der Waals surface area contributed by atoms with Crippen LogP contribution in [0.15, 0.2) is 42.5 Å². The summed E-state index contributed by atoms with van der Waals surface area (Å²) in [6.45, 7) is 5.03. The van der Waals surface area contributed by atoms with Gasteiger partial charge in [-0.05, 0) is 68.9 Å². The Bertz CT molecular complexity index is 1330. The first-order valence-electron chi connectivity index (χ1n) is 13.4. The lowest BCUT2D eigenvalue weighted by Gasteiger charge is -2.36. The highest BCUT2D eigenvalue weighted by molar-refractivity contribution is 6.31. The van der Waals surface area contributed by atoms with Crippen molar-refractivity contribution in [1.82, 2.24) is 20.6 Å². The van der Waals surface area contributed by atoms with Crippen LogP contribution in [0.4, 0.5) is 4.39 Å². The molecule has 1 fully saturated rings. The number of rotatable bonds is 11. The number of nitrogens with zero attached hydrogens (tertiary/aromatic N) is 1. The van der Waals surface area contributed by atoms with Gasteiger partial charge in [-0.3, -0.25) is 9.59 Å². The van der Waals surface area contributed by atoms with Crippen molar-refractivity contribution in [2.45, 2.75) is 69.5 Å². The van der Waals surface area contributed by atoms with Gasteiger partial charge >= 0.3 is 0 Å². The average molecular weight is 557 g/mol. The molecule has 0 saturated heterocycles. The Labute approximate surface area is 234 Å². The topological polar surface area (TPSA) is 96.1 Å². The highest BCUT2D eigenvalue weighted by Crippen LogP contribution is 2.38. The lowest BCUT2D eigenvalue weighted by atomic mass is 9.77. The number of ether oxygens (including phenoxy) is 1. The van der Waals surface area contributed by atoms with Crippen LogP contribution in [0.1, 0.15) is 62.9 Å². The van der Waals surface area contributed by atoms with Gasteiger partial charge in [0.15, 0.2) is 0 Å². The smallest absolute Gasteiger partial charge is 0.242 e. The molecule has 2 amide bonds. The number of alkyl halides is 1. The van der Waals surface area contributed by atoms with E-state index in [9.17, 15) is 9.59 Å². The number of carbonyl (C=O) groups excluding carboxylic acids is 2. The van der Waals surface area contributed by atoms with Crippen molar-refractivity contribution >= 4 is 34.4 Å². The largest absolute Gasteiger partial charge is 0.383 e. The number of amides is 2. The molecular formula is C30H38ClFN4O3. The van der Waals surface area contributed by atoms with E-state index in [4.69, 9.17) is 21.3 Å². The number of imidazole rings is 1. The van der Waals surface area contributed by atoms with Crippen LogP contribution in [0.5, 0.6) is 0 Å². The molecule has 0 spiro atoms. The summed E-state index contributed by atoms with van der Waals surface area (Å²) in [5, 5.41) is 6.20. The first-order valence-corrected chi connectivity index (χ1v) is 13.8. The summed E-state index contributed by atoms with van der Waals surface area (Å²) in [5.74, 6) is -0.222. The third-order valence-corrected chi connectivity index (χ3v) is 8.39. The van der Waals surface area contributed by atoms with Gasteiger partial charge in [-0.2, -0.15) is 0 Å². The lowest BCUT2D eigenvalue weighted by Crippen LogP contribution is -2.57. The van der Waals surface area contributed by atoms with Gasteiger partial charge in [0.25, 0.3) is 0 Å². The number of nitrogens with one attached hydrogen (secondary N) is 3. The second-order valence-electron chi connectivity index (χ2n) is 11.3. The van der Waals surface area contributed by atoms with Crippen LogP contribution in [-0.4, -0.2) is 54.3 Å². The molecule has 0 bridgehead atoms. The van der Waals surface area contributed by atoms with Crippen LogP contribution in [-0.2, 0) is 26.2 Å². The fourth-order valence-electron chi connectivity index (χ4n) is 5.37. The summed E-state index contributed by atoms with van der Waals surface area (Å²) >= 11 is 6.43. The number of benzene rings is 2. The highest BCUT2D eigenvalue weighted by Gasteiger charge is 2.41. The van der Waals surface area contributed by atoms with Crippen molar-refractivity contribution in [3.8, 4) is 0 Å². The van der Waals surface area contributed by atoms with Gasteiger partial charge in [-0.1, -0.05) is 42.3 Å². The van der Waals surface area contributed by atoms with E-state index in [-0.39, 0.29) is 24.3 Å². The molecule has 1 aliphatic rings. The van der Waals surface area contributed by atoms with E-state index < -0.39 is 23.0 Å². The molecule has 1 aliphatic carbocycles. The minimum Gasteiger partial charge on any atom is -0.383 e. The summed E-state index contributed by atoms with van der Waals surface area (Å²) in [5.41, 5.74) is 0.309. The Balaban J connectivity index is 1.63. The minimum absolute atomic E-state index is 0.126. The maximum Gasteiger partial charge on any atom is 0.242 e. The molecule has 7 nitrogen and oxygen atoms in total. The van der Waals surface area contributed by atoms with Gasteiger partial charge in [0.2, 0.25) is 11.8 Å². The number of aromatic nitrogens is 2. The van der Waals surface area contributed by atoms with Crippen LogP contribution in [0.3, 0.4) is 0 Å². The molecule has 1 saturated carbocycles. The maximum atomic E-state index is 15.3. The monoisotopic (exact) mass is 556 g/mol. The molecule has 0 radical (unpaired) electrons. The Morgan fingerprint density at radius 1 is 1.21 bits per heavy atom. The molecule has 1 aromatic heterocycles. The summed E-state index contributed by atoms with van der Waals surface area (Å²) in [6.07, 6.45) is 3.20. The highest BCUT2D eigenvalue weighted by atomic mass is 35.5. The van der Waals surface area contributed by atoms with E-state index in [1.54, 1.807) is 34.1 Å². The molecule has 3 N–H and O–H groups in total. The molecule has 0 aliphatic heterocycles. The second kappa shape index (κ2) is 11.6. The zero-order valence-electron chi connectivity index (χ0n) is 23.2. The van der Waals surface area contributed by atoms with Gasteiger partial charge in [-0.15, -0.1) is 0 Å². The normalized spacial score (nSPS) is 17.2. The maximum absolute atomic E-state index is 15.3. The number of hydrogen-bond acceptors (Lipinski definition) is 4. The number of H-pyrrole nitrogens is 1. The van der Waals surface area contributed by atoms with Crippen molar-refractivity contribution in [3.05, 3.63) is 64.4 Å². The number of aromatic amines is 1. The van der Waals surface area contributed by atoms with Crippen LogP contribution < -0.4 is 10.6 Å². The van der Waals surface area contributed by atoms with Gasteiger partial charge in [-0.25, -0.2) is 9.37 Å². The molecule has 210 valence electrons. The van der Waals surface area contributed by atoms with Crippen LogP contribution in [0.2, 0.25) is 5.02 Å². The molecule has 3 aromatic rings. The zero-order valence-corrected chi connectivity index (χ0v) is 24.0. The quantitative estimate of drug-likeness (QED) is 0.301. The fourth-order valence-corrected chi connectivity index (χ4v) is 5.64. The van der Waals surface area contributed by atoms with Gasteiger partial charge < -0.3 is 20.4 Å². The van der Waals surface area contributed by atoms with E-state index >= 15 is 4.39 Å². The van der Waals surface area contributed by atoms with Crippen molar-refractivity contribution < 1.29 is 18.7 Å². The molecule has 9 heteroatoms. The molecule has 4 rings (SSSR count). The van der Waals surface area contributed by atoms with E-state index in [0.29, 0.717) is 22.8 Å². The van der Waals surface area contributed by atoms with Crippen LogP contribution in [0, 0.1) is 5.92 Å². The Morgan fingerprint density at radius 3 is 2.51 bits per heavy atom. The summed E-state index contributed by atoms with van der Waals surface area (Å²) < 4.78 is 20.8. The van der Waals surface area contributed by atoms with Crippen LogP contribution in [0.25, 0.3) is 11.0 Å². The first-order chi connectivity index (χ1) is 18.5. The Hall–Kier alpha value is -2.97. The molecular weight excluding hydrogens is 519 g/mol. The number of fused-ring (bicyclic) bond motifs is 1. The molecule has 1 heterocycles. The SMILES string of the molecule is CNC(=O)[C@H](NC(=O)C(C)(COC)c1ccc2nc(CC(c3ccccc3Cl)C(C)(C)F)[nH]c2c1)C1CCC1. The number of likely N-dealkylation sites (N-methyl/N-ethyl adjacent to an activating group) is 1. The van der Waals surface area contributed by atoms with Crippen molar-refractivity contribution in [2.75, 3.05) is 20.8 Å². The Morgan fingerprint density at radius 2 is 1.92 bits per heavy atom. The lowest BCUT2D eigenvalue weighted by molar-refractivity contribution is -0.134. The molecule has 2 aromatic carbocycles. The number of halogens is 2. The van der Waals surface area contributed by atoms with Crippen molar-refractivity contribution in [1.29, 1.82) is 0 Å². The van der Waals surface area contributed by atoms with E-state index in [0.717, 1.165) is 35.9 Å². The van der Waals surface area contributed by atoms with Crippen molar-refractivity contribution in [2.24, 2.45) is 5.92 Å². The summed E-state index contributed by atoms with van der Waals surface area (Å²) in [6, 6.07) is 12.3. The van der Waals surface area contributed by atoms with Gasteiger partial charge in [0, 0.05) is 31.5 Å². The zero-order chi connectivity index (χ0) is 28.4. The van der Waals surface area contributed by atoms with Crippen molar-refractivity contribution in [3.63, 3.8) is 0 Å². The molecule has 39 heavy (non-hydrogen) atoms. The first kappa shape index (κ1) is 29.0. The number of methoxy groups -OCH3 is 1. The van der Waals surface area contributed by atoms with E-state index in [1.807, 2.05) is 43.3 Å². The standard InChI is InChI=1S/C30H38ClFN4O3/c1-29(2,32)21(20-11-6-7-12-22(20)31)16-25-34-23-14-13-19(15-24(23)35-25)30(3,17-39-5)28(38)36-26(27(37)33-4)18-9-8-10-18/h6-7,11-15,18,21,26H,8-10,16-17H2,1-5H3,(H,33,37)(H,34,35)(H,36,38)/t21?,26-,30?/m1/s1. The van der Waals surface area contributed by atoms with Crippen LogP contribution >= 0.6 is 11.6 Å². The molecule has 3 atom stereocenters. The summed E-state index contributed by atoms with van der Waals surface area (Å²) in [7, 11) is 3.13. The van der Waals surface area contributed by atoms with Gasteiger partial charge in [0.1, 0.15) is 17.5 Å². The third-order valence-electron chi connectivity index (χ3n) is 8.05. The predicted molar refractivity (Wildman–Crippen MR) is 152 cm³/mol. The predicted octanol–water partition coefficient (Wildman–Crippen LogP) is 5.23. The number of carbonyl (C=O) groups is 2. The minimum atomic E-state index is -1.54. The van der Waals surface area contributed by atoms with Gasteiger partial charge in [0.05, 0.1) is 23.1 Å². The fraction of sp³-hybridized carbons (Fsp3) is 0.500. The van der Waals surface area contributed by atoms with E-state index in [1.165, 1.54) is 0 Å². The third kappa shape index (κ3) is 6.12. The summed E-state index contributed by atoms with van der Waals surface area (Å²) in [4.78, 5) is 34.3. The van der Waals surface area contributed by atoms with E-state index in [2.05, 4.69) is 15.6 Å². The molecule has 2 unspecified atom stereocenters. The second-order valence-corrected chi connectivity index (χ2v) is 11.7. The Kier molecular flexibility index (Phi) is 8.66. The number of hydrogen-bond donors (Lipinski definition) is 3.